The molecule has 1 rings (SSSR count). The summed E-state index contributed by atoms with van der Waals surface area (Å²) in [7, 11) is -4.04. The number of nitro groups is 1. The van der Waals surface area contributed by atoms with Crippen LogP contribution in [0.5, 0.6) is 0 Å². The number of nitrogens with zero attached hydrogens (tertiary/aromatic N) is 1. The lowest BCUT2D eigenvalue weighted by Gasteiger charge is -2.08. The first-order valence-electron chi connectivity index (χ1n) is 4.47. The zero-order valence-corrected chi connectivity index (χ0v) is 10.2. The Hall–Kier alpha value is -1.22. The van der Waals surface area contributed by atoms with Crippen molar-refractivity contribution in [2.24, 2.45) is 10.9 Å². The molecule has 0 saturated carbocycles. The minimum absolute atomic E-state index is 0.125. The van der Waals surface area contributed by atoms with Gasteiger partial charge in [0, 0.05) is 12.1 Å². The van der Waals surface area contributed by atoms with Crippen molar-refractivity contribution in [1.29, 1.82) is 0 Å². The van der Waals surface area contributed by atoms with Crippen molar-refractivity contribution < 1.29 is 13.3 Å². The lowest BCUT2D eigenvalue weighted by molar-refractivity contribution is -0.385. The standard InChI is InChI=1S/C8H10ClN3O4S/c9-7-4-6(12(13)14)3-5(1-2-10)8(7)17(11,15)16/h3-4H,1-2,10H2,(H2,11,15,16). The Bertz CT molecular complexity index is 558. The van der Waals surface area contributed by atoms with Crippen LogP contribution in [0.25, 0.3) is 0 Å². The molecule has 1 aromatic rings. The Labute approximate surface area is 103 Å². The van der Waals surface area contributed by atoms with Gasteiger partial charge in [-0.1, -0.05) is 11.6 Å². The van der Waals surface area contributed by atoms with Crippen LogP contribution in [0.3, 0.4) is 0 Å². The van der Waals surface area contributed by atoms with Crippen molar-refractivity contribution in [2.45, 2.75) is 11.3 Å². The van der Waals surface area contributed by atoms with Crippen LogP contribution in [0.15, 0.2) is 17.0 Å². The first-order valence-corrected chi connectivity index (χ1v) is 6.39. The topological polar surface area (TPSA) is 129 Å². The van der Waals surface area contributed by atoms with Gasteiger partial charge in [-0.05, 0) is 18.5 Å². The molecule has 0 bridgehead atoms. The minimum atomic E-state index is -4.04. The summed E-state index contributed by atoms with van der Waals surface area (Å²) in [6.45, 7) is 0.125. The van der Waals surface area contributed by atoms with Crippen LogP contribution in [-0.2, 0) is 16.4 Å². The highest BCUT2D eigenvalue weighted by molar-refractivity contribution is 7.89. The molecule has 9 heteroatoms. The van der Waals surface area contributed by atoms with Crippen molar-refractivity contribution in [3.8, 4) is 0 Å². The number of primary sulfonamides is 1. The largest absolute Gasteiger partial charge is 0.330 e. The molecule has 0 aliphatic heterocycles. The predicted molar refractivity (Wildman–Crippen MR) is 62.2 cm³/mol. The predicted octanol–water partition coefficient (Wildman–Crippen LogP) is 0.397. The maximum absolute atomic E-state index is 11.3. The van der Waals surface area contributed by atoms with Crippen LogP contribution in [0, 0.1) is 10.1 Å². The third-order valence-corrected chi connectivity index (χ3v) is 3.48. The molecular formula is C8H10ClN3O4S. The minimum Gasteiger partial charge on any atom is -0.330 e. The van der Waals surface area contributed by atoms with Gasteiger partial charge in [-0.2, -0.15) is 0 Å². The van der Waals surface area contributed by atoms with Crippen LogP contribution in [0.1, 0.15) is 5.56 Å². The van der Waals surface area contributed by atoms with Gasteiger partial charge in [-0.3, -0.25) is 10.1 Å². The molecule has 0 saturated heterocycles. The molecule has 0 atom stereocenters. The molecule has 0 aliphatic carbocycles. The normalized spacial score (nSPS) is 11.5. The first-order chi connectivity index (χ1) is 7.77. The number of hydrogen-bond acceptors (Lipinski definition) is 5. The number of benzene rings is 1. The molecule has 0 fully saturated rings. The summed E-state index contributed by atoms with van der Waals surface area (Å²) in [6, 6.07) is 2.06. The maximum atomic E-state index is 11.3. The van der Waals surface area contributed by atoms with Crippen molar-refractivity contribution >= 4 is 27.3 Å². The molecule has 0 spiro atoms. The van der Waals surface area contributed by atoms with E-state index in [1.54, 1.807) is 0 Å². The summed E-state index contributed by atoms with van der Waals surface area (Å²) in [5.74, 6) is 0. The van der Waals surface area contributed by atoms with Crippen molar-refractivity contribution in [3.63, 3.8) is 0 Å². The van der Waals surface area contributed by atoms with Crippen LogP contribution < -0.4 is 10.9 Å². The Kier molecular flexibility index (Phi) is 4.04. The highest BCUT2D eigenvalue weighted by Crippen LogP contribution is 2.29. The second-order valence-corrected chi connectivity index (χ2v) is 5.16. The van der Waals surface area contributed by atoms with E-state index in [-0.39, 0.29) is 34.1 Å². The molecular weight excluding hydrogens is 270 g/mol. The summed E-state index contributed by atoms with van der Waals surface area (Å²) < 4.78 is 22.6. The zero-order chi connectivity index (χ0) is 13.2. The highest BCUT2D eigenvalue weighted by atomic mass is 35.5. The van der Waals surface area contributed by atoms with Crippen LogP contribution in [0.2, 0.25) is 5.02 Å². The number of nitrogens with two attached hydrogens (primary N) is 2. The van der Waals surface area contributed by atoms with E-state index >= 15 is 0 Å². The van der Waals surface area contributed by atoms with Crippen LogP contribution in [0.4, 0.5) is 5.69 Å². The van der Waals surface area contributed by atoms with E-state index in [1.807, 2.05) is 0 Å². The number of halogens is 1. The molecule has 0 aliphatic rings. The molecule has 94 valence electrons. The molecule has 0 heterocycles. The quantitative estimate of drug-likeness (QED) is 0.608. The SMILES string of the molecule is NCCc1cc([N+](=O)[O-])cc(Cl)c1S(N)(=O)=O. The second kappa shape index (κ2) is 4.96. The summed E-state index contributed by atoms with van der Waals surface area (Å²) in [4.78, 5) is 9.63. The van der Waals surface area contributed by atoms with Gasteiger partial charge in [0.2, 0.25) is 10.0 Å². The molecule has 17 heavy (non-hydrogen) atoms. The molecule has 0 aromatic heterocycles. The lowest BCUT2D eigenvalue weighted by Crippen LogP contribution is -2.17. The van der Waals surface area contributed by atoms with Gasteiger partial charge in [0.1, 0.15) is 4.90 Å². The fourth-order valence-electron chi connectivity index (χ4n) is 1.40. The molecule has 7 nitrogen and oxygen atoms in total. The maximum Gasteiger partial charge on any atom is 0.271 e. The van der Waals surface area contributed by atoms with Gasteiger partial charge >= 0.3 is 0 Å². The molecule has 4 N–H and O–H groups in total. The third kappa shape index (κ3) is 3.13. The number of hydrogen-bond donors (Lipinski definition) is 2. The van der Waals surface area contributed by atoms with Crippen molar-refractivity contribution in [2.75, 3.05) is 6.54 Å². The summed E-state index contributed by atoms with van der Waals surface area (Å²) in [5.41, 5.74) is 5.15. The van der Waals surface area contributed by atoms with Gasteiger partial charge in [-0.15, -0.1) is 0 Å². The molecule has 1 aromatic carbocycles. The number of rotatable bonds is 4. The summed E-state index contributed by atoms with van der Waals surface area (Å²) in [6.07, 6.45) is 0.132. The van der Waals surface area contributed by atoms with E-state index in [9.17, 15) is 18.5 Å². The van der Waals surface area contributed by atoms with E-state index in [0.29, 0.717) is 0 Å². The van der Waals surface area contributed by atoms with Crippen molar-refractivity contribution in [1.82, 2.24) is 0 Å². The second-order valence-electron chi connectivity index (χ2n) is 3.26. The summed E-state index contributed by atoms with van der Waals surface area (Å²) in [5, 5.41) is 15.3. The number of sulfonamides is 1. The summed E-state index contributed by atoms with van der Waals surface area (Å²) >= 11 is 5.69. The fourth-order valence-corrected chi connectivity index (χ4v) is 2.81. The first kappa shape index (κ1) is 13.8. The van der Waals surface area contributed by atoms with Gasteiger partial charge in [0.25, 0.3) is 5.69 Å². The smallest absolute Gasteiger partial charge is 0.271 e. The van der Waals surface area contributed by atoms with Gasteiger partial charge in [-0.25, -0.2) is 13.6 Å². The Morgan fingerprint density at radius 3 is 2.41 bits per heavy atom. The zero-order valence-electron chi connectivity index (χ0n) is 8.59. The molecule has 0 unspecified atom stereocenters. The fraction of sp³-hybridized carbons (Fsp3) is 0.250. The average Bonchev–Trinajstić information content (AvgIpc) is 2.14. The third-order valence-electron chi connectivity index (χ3n) is 2.01. The molecule has 0 amide bonds. The van der Waals surface area contributed by atoms with Gasteiger partial charge < -0.3 is 5.73 Å². The van der Waals surface area contributed by atoms with E-state index in [4.69, 9.17) is 22.5 Å². The molecule has 0 radical (unpaired) electrons. The number of non-ortho nitro benzene ring substituents is 1. The van der Waals surface area contributed by atoms with Crippen molar-refractivity contribution in [3.05, 3.63) is 32.8 Å². The van der Waals surface area contributed by atoms with E-state index < -0.39 is 14.9 Å². The van der Waals surface area contributed by atoms with E-state index in [2.05, 4.69) is 0 Å². The van der Waals surface area contributed by atoms with Gasteiger partial charge in [0.15, 0.2) is 0 Å². The van der Waals surface area contributed by atoms with Crippen LogP contribution >= 0.6 is 11.6 Å². The van der Waals surface area contributed by atoms with Crippen LogP contribution in [-0.4, -0.2) is 19.9 Å². The highest BCUT2D eigenvalue weighted by Gasteiger charge is 2.22. The monoisotopic (exact) mass is 279 g/mol. The van der Waals surface area contributed by atoms with Gasteiger partial charge in [0.05, 0.1) is 9.95 Å². The Balaban J connectivity index is 3.55. The Morgan fingerprint density at radius 2 is 2.00 bits per heavy atom. The van der Waals surface area contributed by atoms with E-state index in [0.717, 1.165) is 12.1 Å². The average molecular weight is 280 g/mol. The number of nitro benzene ring substituents is 1. The Morgan fingerprint density at radius 1 is 1.41 bits per heavy atom. The van der Waals surface area contributed by atoms with E-state index in [1.165, 1.54) is 0 Å². The lowest BCUT2D eigenvalue weighted by atomic mass is 10.1.